The third kappa shape index (κ3) is 3.15. The molecule has 3 aromatic rings. The molecule has 0 radical (unpaired) electrons. The highest BCUT2D eigenvalue weighted by Crippen LogP contribution is 2.21. The predicted molar refractivity (Wildman–Crippen MR) is 102 cm³/mol. The van der Waals surface area contributed by atoms with Crippen LogP contribution < -0.4 is 10.2 Å². The number of morpholine rings is 1. The van der Waals surface area contributed by atoms with Crippen LogP contribution in [0.3, 0.4) is 0 Å². The summed E-state index contributed by atoms with van der Waals surface area (Å²) >= 11 is 0. The fourth-order valence-electron chi connectivity index (χ4n) is 3.35. The molecule has 1 aromatic carbocycles. The number of amides is 1. The summed E-state index contributed by atoms with van der Waals surface area (Å²) in [5.41, 5.74) is 5.14. The van der Waals surface area contributed by atoms with Gasteiger partial charge < -0.3 is 19.4 Å². The van der Waals surface area contributed by atoms with Gasteiger partial charge >= 0.3 is 0 Å². The van der Waals surface area contributed by atoms with Gasteiger partial charge in [0.15, 0.2) is 0 Å². The largest absolute Gasteiger partial charge is 0.378 e. The molecule has 6 heteroatoms. The summed E-state index contributed by atoms with van der Waals surface area (Å²) in [4.78, 5) is 19.5. The fraction of sp³-hybridized carbons (Fsp3) is 0.300. The molecule has 0 atom stereocenters. The highest BCUT2D eigenvalue weighted by molar-refractivity contribution is 6.08. The summed E-state index contributed by atoms with van der Waals surface area (Å²) in [7, 11) is 0. The zero-order valence-electron chi connectivity index (χ0n) is 15.0. The first kappa shape index (κ1) is 16.6. The van der Waals surface area contributed by atoms with Crippen molar-refractivity contribution < 1.29 is 9.53 Å². The number of carbonyl (C=O) groups excluding carboxylic acids is 1. The van der Waals surface area contributed by atoms with E-state index >= 15 is 0 Å². The maximum Gasteiger partial charge on any atom is 0.259 e. The Labute approximate surface area is 152 Å². The Balaban J connectivity index is 1.53. The number of benzene rings is 1. The van der Waals surface area contributed by atoms with Crippen LogP contribution in [0.15, 0.2) is 42.6 Å². The number of fused-ring (bicyclic) bond motifs is 1. The zero-order chi connectivity index (χ0) is 18.1. The topological polar surface area (TPSA) is 58.9 Å². The van der Waals surface area contributed by atoms with Crippen LogP contribution in [0.4, 0.5) is 11.4 Å². The Morgan fingerprint density at radius 1 is 1.12 bits per heavy atom. The molecule has 134 valence electrons. The molecule has 0 unspecified atom stereocenters. The lowest BCUT2D eigenvalue weighted by atomic mass is 10.2. The number of aryl methyl sites for hydroxylation is 2. The van der Waals surface area contributed by atoms with E-state index < -0.39 is 0 Å². The van der Waals surface area contributed by atoms with Gasteiger partial charge in [0.25, 0.3) is 5.91 Å². The number of rotatable bonds is 3. The van der Waals surface area contributed by atoms with Gasteiger partial charge in [0.1, 0.15) is 5.65 Å². The zero-order valence-corrected chi connectivity index (χ0v) is 15.0. The van der Waals surface area contributed by atoms with Crippen molar-refractivity contribution in [2.24, 2.45) is 0 Å². The number of aromatic nitrogens is 2. The first-order valence-electron chi connectivity index (χ1n) is 8.81. The molecular formula is C20H22N4O2. The molecule has 1 saturated heterocycles. The summed E-state index contributed by atoms with van der Waals surface area (Å²) in [5.74, 6) is -0.149. The second-order valence-corrected chi connectivity index (χ2v) is 6.56. The molecule has 0 aliphatic carbocycles. The summed E-state index contributed by atoms with van der Waals surface area (Å²) < 4.78 is 7.32. The molecule has 1 N–H and O–H groups in total. The van der Waals surface area contributed by atoms with Gasteiger partial charge in [-0.2, -0.15) is 0 Å². The third-order valence-electron chi connectivity index (χ3n) is 4.69. The highest BCUT2D eigenvalue weighted by Gasteiger charge is 2.15. The lowest BCUT2D eigenvalue weighted by Gasteiger charge is -2.28. The number of hydrogen-bond donors (Lipinski definition) is 1. The highest BCUT2D eigenvalue weighted by atomic mass is 16.5. The van der Waals surface area contributed by atoms with Crippen molar-refractivity contribution in [2.45, 2.75) is 13.8 Å². The number of hydrogen-bond acceptors (Lipinski definition) is 4. The van der Waals surface area contributed by atoms with Gasteiger partial charge in [-0.25, -0.2) is 4.98 Å². The Morgan fingerprint density at radius 3 is 2.58 bits per heavy atom. The van der Waals surface area contributed by atoms with Gasteiger partial charge in [-0.05, 0) is 50.2 Å². The molecule has 1 aliphatic heterocycles. The fourth-order valence-corrected chi connectivity index (χ4v) is 3.35. The van der Waals surface area contributed by atoms with E-state index in [1.807, 2.05) is 60.8 Å². The summed E-state index contributed by atoms with van der Waals surface area (Å²) in [6.07, 6.45) is 1.88. The van der Waals surface area contributed by atoms with Gasteiger partial charge in [0.05, 0.1) is 18.8 Å². The van der Waals surface area contributed by atoms with E-state index in [4.69, 9.17) is 4.74 Å². The van der Waals surface area contributed by atoms with Crippen molar-refractivity contribution >= 4 is 22.9 Å². The molecule has 2 aromatic heterocycles. The molecule has 1 fully saturated rings. The minimum Gasteiger partial charge on any atom is -0.378 e. The van der Waals surface area contributed by atoms with Gasteiger partial charge in [-0.1, -0.05) is 0 Å². The summed E-state index contributed by atoms with van der Waals surface area (Å²) in [6.45, 7) is 7.25. The third-order valence-corrected chi connectivity index (χ3v) is 4.69. The maximum absolute atomic E-state index is 12.7. The van der Waals surface area contributed by atoms with Crippen LogP contribution in [0.25, 0.3) is 5.65 Å². The van der Waals surface area contributed by atoms with Crippen LogP contribution >= 0.6 is 0 Å². The predicted octanol–water partition coefficient (Wildman–Crippen LogP) is 3.04. The molecule has 1 amide bonds. The van der Waals surface area contributed by atoms with Crippen LogP contribution in [0.2, 0.25) is 0 Å². The lowest BCUT2D eigenvalue weighted by Crippen LogP contribution is -2.36. The van der Waals surface area contributed by atoms with E-state index in [1.54, 1.807) is 0 Å². The standard InChI is InChI=1S/C20H22N4O2/c1-14-13-15(2)24-8-7-18(19(24)21-14)20(25)22-16-3-5-17(6-4-16)23-9-11-26-12-10-23/h3-8,13H,9-12H2,1-2H3,(H,22,25). The Bertz CT molecular complexity index is 940. The molecule has 26 heavy (non-hydrogen) atoms. The number of ether oxygens (including phenoxy) is 1. The minimum absolute atomic E-state index is 0.149. The van der Waals surface area contributed by atoms with Gasteiger partial charge in [-0.3, -0.25) is 4.79 Å². The SMILES string of the molecule is Cc1cc(C)n2ccc(C(=O)Nc3ccc(N4CCOCC4)cc3)c2n1. The van der Waals surface area contributed by atoms with E-state index in [0.717, 1.165) is 49.1 Å². The van der Waals surface area contributed by atoms with Crippen molar-refractivity contribution in [2.75, 3.05) is 36.5 Å². The molecule has 6 nitrogen and oxygen atoms in total. The van der Waals surface area contributed by atoms with E-state index in [1.165, 1.54) is 0 Å². The number of carbonyl (C=O) groups is 1. The van der Waals surface area contributed by atoms with Gasteiger partial charge in [0.2, 0.25) is 0 Å². The van der Waals surface area contributed by atoms with E-state index in [-0.39, 0.29) is 5.91 Å². The Morgan fingerprint density at radius 2 is 1.85 bits per heavy atom. The molecule has 0 bridgehead atoms. The van der Waals surface area contributed by atoms with Crippen LogP contribution in [0, 0.1) is 13.8 Å². The van der Waals surface area contributed by atoms with Crippen LogP contribution in [-0.2, 0) is 4.74 Å². The average Bonchev–Trinajstić information content (AvgIpc) is 3.07. The van der Waals surface area contributed by atoms with Crippen LogP contribution in [0.1, 0.15) is 21.7 Å². The average molecular weight is 350 g/mol. The van der Waals surface area contributed by atoms with Crippen molar-refractivity contribution in [3.8, 4) is 0 Å². The molecule has 1 aliphatic rings. The van der Waals surface area contributed by atoms with Gasteiger partial charge in [-0.15, -0.1) is 0 Å². The molecular weight excluding hydrogens is 328 g/mol. The smallest absolute Gasteiger partial charge is 0.259 e. The quantitative estimate of drug-likeness (QED) is 0.789. The summed E-state index contributed by atoms with van der Waals surface area (Å²) in [5, 5.41) is 2.97. The molecule has 4 rings (SSSR count). The van der Waals surface area contributed by atoms with E-state index in [9.17, 15) is 4.79 Å². The van der Waals surface area contributed by atoms with Gasteiger partial charge in [0, 0.05) is 42.0 Å². The second-order valence-electron chi connectivity index (χ2n) is 6.56. The van der Waals surface area contributed by atoms with E-state index in [0.29, 0.717) is 11.2 Å². The molecule has 3 heterocycles. The number of nitrogens with zero attached hydrogens (tertiary/aromatic N) is 3. The second kappa shape index (κ2) is 6.80. The normalized spacial score (nSPS) is 14.6. The first-order chi connectivity index (χ1) is 12.6. The monoisotopic (exact) mass is 350 g/mol. The van der Waals surface area contributed by atoms with Crippen molar-refractivity contribution in [1.29, 1.82) is 0 Å². The van der Waals surface area contributed by atoms with Crippen molar-refractivity contribution in [3.63, 3.8) is 0 Å². The number of nitrogens with one attached hydrogen (secondary N) is 1. The van der Waals surface area contributed by atoms with Crippen molar-refractivity contribution in [3.05, 3.63) is 59.5 Å². The Hall–Kier alpha value is -2.86. The molecule has 0 spiro atoms. The maximum atomic E-state index is 12.7. The van der Waals surface area contributed by atoms with Crippen LogP contribution in [-0.4, -0.2) is 41.6 Å². The van der Waals surface area contributed by atoms with Crippen LogP contribution in [0.5, 0.6) is 0 Å². The number of anilines is 2. The Kier molecular flexibility index (Phi) is 4.34. The van der Waals surface area contributed by atoms with E-state index in [2.05, 4.69) is 15.2 Å². The minimum atomic E-state index is -0.149. The van der Waals surface area contributed by atoms with Crippen molar-refractivity contribution in [1.82, 2.24) is 9.38 Å². The summed E-state index contributed by atoms with van der Waals surface area (Å²) in [6, 6.07) is 11.7. The first-order valence-corrected chi connectivity index (χ1v) is 8.81. The molecule has 0 saturated carbocycles. The lowest BCUT2D eigenvalue weighted by molar-refractivity contribution is 0.102.